The summed E-state index contributed by atoms with van der Waals surface area (Å²) in [5.41, 5.74) is 0.0546. The Hall–Kier alpha value is -2.44. The Labute approximate surface area is 95.4 Å². The van der Waals surface area contributed by atoms with Gasteiger partial charge in [0.1, 0.15) is 5.69 Å². The zero-order valence-electron chi connectivity index (χ0n) is 8.97. The van der Waals surface area contributed by atoms with Crippen LogP contribution < -0.4 is 5.56 Å². The van der Waals surface area contributed by atoms with Crippen molar-refractivity contribution in [3.8, 4) is 11.6 Å². The number of esters is 1. The molecule has 0 spiro atoms. The van der Waals surface area contributed by atoms with Crippen LogP contribution in [0.1, 0.15) is 17.5 Å². The summed E-state index contributed by atoms with van der Waals surface area (Å²) in [7, 11) is 0. The second-order valence-electron chi connectivity index (χ2n) is 3.07. The minimum Gasteiger partial charge on any atom is -0.460 e. The Kier molecular flexibility index (Phi) is 2.99. The zero-order chi connectivity index (χ0) is 12.3. The van der Waals surface area contributed by atoms with E-state index >= 15 is 0 Å². The van der Waals surface area contributed by atoms with Crippen molar-refractivity contribution in [1.82, 2.24) is 15.1 Å². The lowest BCUT2D eigenvalue weighted by molar-refractivity contribution is 0.0508. The van der Waals surface area contributed by atoms with Gasteiger partial charge in [0.25, 0.3) is 11.7 Å². The molecule has 0 aromatic carbocycles. The number of H-pyrrole nitrogens is 1. The molecule has 0 bridgehead atoms. The van der Waals surface area contributed by atoms with E-state index in [1.165, 1.54) is 6.07 Å². The fourth-order valence-corrected chi connectivity index (χ4v) is 1.18. The molecular formula is C10H9N3O4. The molecule has 0 saturated heterocycles. The van der Waals surface area contributed by atoms with E-state index in [1.807, 2.05) is 0 Å². The van der Waals surface area contributed by atoms with Crippen molar-refractivity contribution in [2.75, 3.05) is 6.61 Å². The van der Waals surface area contributed by atoms with E-state index < -0.39 is 5.97 Å². The first-order valence-corrected chi connectivity index (χ1v) is 4.91. The smallest absolute Gasteiger partial charge is 0.379 e. The van der Waals surface area contributed by atoms with Crippen LogP contribution >= 0.6 is 0 Å². The number of hydrogen-bond donors (Lipinski definition) is 1. The molecule has 0 aliphatic heterocycles. The molecule has 0 aliphatic rings. The van der Waals surface area contributed by atoms with Crippen LogP contribution in [0.3, 0.4) is 0 Å². The van der Waals surface area contributed by atoms with Gasteiger partial charge >= 0.3 is 5.97 Å². The van der Waals surface area contributed by atoms with Crippen LogP contribution in [0.25, 0.3) is 11.6 Å². The van der Waals surface area contributed by atoms with Gasteiger partial charge in [0.05, 0.1) is 6.61 Å². The molecule has 2 aromatic rings. The fraction of sp³-hybridized carbons (Fsp3) is 0.200. The summed E-state index contributed by atoms with van der Waals surface area (Å²) in [6, 6.07) is 4.48. The Morgan fingerprint density at radius 1 is 1.53 bits per heavy atom. The maximum absolute atomic E-state index is 11.3. The predicted octanol–water partition coefficient (Wildman–Crippen LogP) is 0.602. The minimum absolute atomic E-state index is 0.0609. The number of carbonyl (C=O) groups excluding carboxylic acids is 1. The quantitative estimate of drug-likeness (QED) is 0.782. The second kappa shape index (κ2) is 4.60. The van der Waals surface area contributed by atoms with Crippen molar-refractivity contribution in [3.05, 3.63) is 34.4 Å². The molecule has 0 amide bonds. The Morgan fingerprint density at radius 2 is 2.35 bits per heavy atom. The molecule has 0 unspecified atom stereocenters. The molecule has 7 heteroatoms. The van der Waals surface area contributed by atoms with Gasteiger partial charge in [-0.1, -0.05) is 6.07 Å². The molecular weight excluding hydrogens is 226 g/mol. The summed E-state index contributed by atoms with van der Waals surface area (Å²) in [5.74, 6) is -0.780. The molecule has 0 saturated carbocycles. The van der Waals surface area contributed by atoms with Crippen molar-refractivity contribution >= 4 is 5.97 Å². The third-order valence-corrected chi connectivity index (χ3v) is 1.88. The highest BCUT2D eigenvalue weighted by atomic mass is 16.5. The molecule has 0 radical (unpaired) electrons. The maximum atomic E-state index is 11.3. The van der Waals surface area contributed by atoms with Gasteiger partial charge in [-0.2, -0.15) is 4.98 Å². The van der Waals surface area contributed by atoms with E-state index in [-0.39, 0.29) is 23.9 Å². The van der Waals surface area contributed by atoms with Gasteiger partial charge in [-0.05, 0) is 18.1 Å². The lowest BCUT2D eigenvalue weighted by Gasteiger charge is -1.93. The molecule has 17 heavy (non-hydrogen) atoms. The van der Waals surface area contributed by atoms with Gasteiger partial charge < -0.3 is 14.2 Å². The van der Waals surface area contributed by atoms with Crippen LogP contribution in [-0.2, 0) is 4.74 Å². The number of aromatic nitrogens is 3. The molecule has 2 aromatic heterocycles. The predicted molar refractivity (Wildman–Crippen MR) is 56.3 cm³/mol. The molecule has 2 heterocycles. The van der Waals surface area contributed by atoms with E-state index in [9.17, 15) is 9.59 Å². The number of nitrogens with one attached hydrogen (secondary N) is 1. The summed E-state index contributed by atoms with van der Waals surface area (Å²) < 4.78 is 9.55. The molecule has 0 atom stereocenters. The number of hydrogen-bond acceptors (Lipinski definition) is 6. The first-order valence-electron chi connectivity index (χ1n) is 4.91. The van der Waals surface area contributed by atoms with Crippen molar-refractivity contribution in [2.45, 2.75) is 6.92 Å². The van der Waals surface area contributed by atoms with E-state index in [0.29, 0.717) is 5.69 Å². The summed E-state index contributed by atoms with van der Waals surface area (Å²) >= 11 is 0. The van der Waals surface area contributed by atoms with Crippen molar-refractivity contribution in [1.29, 1.82) is 0 Å². The lowest BCUT2D eigenvalue weighted by atomic mass is 10.3. The van der Waals surface area contributed by atoms with Crippen LogP contribution in [0.15, 0.2) is 27.5 Å². The highest BCUT2D eigenvalue weighted by Crippen LogP contribution is 2.12. The number of nitrogens with zero attached hydrogens (tertiary/aromatic N) is 2. The topological polar surface area (TPSA) is 98.1 Å². The maximum Gasteiger partial charge on any atom is 0.379 e. The highest BCUT2D eigenvalue weighted by Gasteiger charge is 2.16. The SMILES string of the molecule is CCOC(=O)c1noc(-c2cccc(=O)[nH]2)n1. The first-order chi connectivity index (χ1) is 8.20. The van der Waals surface area contributed by atoms with E-state index in [2.05, 4.69) is 15.1 Å². The van der Waals surface area contributed by atoms with Crippen LogP contribution in [0.5, 0.6) is 0 Å². The van der Waals surface area contributed by atoms with E-state index in [1.54, 1.807) is 19.1 Å². The van der Waals surface area contributed by atoms with Crippen molar-refractivity contribution in [3.63, 3.8) is 0 Å². The van der Waals surface area contributed by atoms with E-state index in [0.717, 1.165) is 0 Å². The number of carbonyl (C=O) groups is 1. The largest absolute Gasteiger partial charge is 0.460 e. The average molecular weight is 235 g/mol. The molecule has 88 valence electrons. The monoisotopic (exact) mass is 235 g/mol. The third-order valence-electron chi connectivity index (χ3n) is 1.88. The number of rotatable bonds is 3. The van der Waals surface area contributed by atoms with E-state index in [4.69, 9.17) is 9.26 Å². The van der Waals surface area contributed by atoms with Gasteiger partial charge in [-0.15, -0.1) is 0 Å². The molecule has 7 nitrogen and oxygen atoms in total. The van der Waals surface area contributed by atoms with Gasteiger partial charge in [0.2, 0.25) is 5.56 Å². The normalized spacial score (nSPS) is 10.2. The number of aromatic amines is 1. The first kappa shape index (κ1) is 11.1. The average Bonchev–Trinajstić information content (AvgIpc) is 2.78. The van der Waals surface area contributed by atoms with Crippen LogP contribution in [0.2, 0.25) is 0 Å². The second-order valence-corrected chi connectivity index (χ2v) is 3.07. The van der Waals surface area contributed by atoms with Crippen LogP contribution in [0, 0.1) is 0 Å². The van der Waals surface area contributed by atoms with Crippen molar-refractivity contribution < 1.29 is 14.1 Å². The lowest BCUT2D eigenvalue weighted by Crippen LogP contribution is -2.07. The molecule has 0 aliphatic carbocycles. The summed E-state index contributed by atoms with van der Waals surface area (Å²) in [5, 5.41) is 3.46. The molecule has 2 rings (SSSR count). The standard InChI is InChI=1S/C10H9N3O4/c1-2-16-10(15)8-12-9(17-13-8)6-4-3-5-7(14)11-6/h3-5H,2H2,1H3,(H,11,14). The highest BCUT2D eigenvalue weighted by molar-refractivity contribution is 5.85. The summed E-state index contributed by atoms with van der Waals surface area (Å²) in [4.78, 5) is 28.7. The third kappa shape index (κ3) is 2.39. The van der Waals surface area contributed by atoms with Crippen molar-refractivity contribution in [2.24, 2.45) is 0 Å². The minimum atomic E-state index is -0.666. The fourth-order valence-electron chi connectivity index (χ4n) is 1.18. The Bertz CT molecular complexity index is 587. The van der Waals surface area contributed by atoms with Gasteiger partial charge in [0.15, 0.2) is 0 Å². The van der Waals surface area contributed by atoms with Gasteiger partial charge in [-0.3, -0.25) is 4.79 Å². The van der Waals surface area contributed by atoms with Crippen LogP contribution in [0.4, 0.5) is 0 Å². The Balaban J connectivity index is 2.30. The Morgan fingerprint density at radius 3 is 3.06 bits per heavy atom. The summed E-state index contributed by atoms with van der Waals surface area (Å²) in [6.07, 6.45) is 0. The van der Waals surface area contributed by atoms with Crippen LogP contribution in [-0.4, -0.2) is 27.7 Å². The van der Waals surface area contributed by atoms with Gasteiger partial charge in [0, 0.05) is 6.07 Å². The van der Waals surface area contributed by atoms with Gasteiger partial charge in [-0.25, -0.2) is 4.79 Å². The summed E-state index contributed by atoms with van der Waals surface area (Å²) in [6.45, 7) is 1.90. The molecule has 0 fully saturated rings. The number of pyridine rings is 1. The zero-order valence-corrected chi connectivity index (χ0v) is 8.97. The number of ether oxygens (including phenoxy) is 1. The molecule has 1 N–H and O–H groups in total.